The van der Waals surface area contributed by atoms with Gasteiger partial charge in [0, 0.05) is 29.4 Å². The summed E-state index contributed by atoms with van der Waals surface area (Å²) >= 11 is 1.50. The number of thiazole rings is 1. The molecule has 29 heavy (non-hydrogen) atoms. The fourth-order valence-electron chi connectivity index (χ4n) is 2.64. The first-order valence-corrected chi connectivity index (χ1v) is 9.63. The average Bonchev–Trinajstić information content (AvgIpc) is 3.25. The first-order chi connectivity index (χ1) is 14.1. The Hall–Kier alpha value is -3.39. The number of methoxy groups -OCH3 is 3. The maximum Gasteiger partial charge on any atom is 0.244 e. The van der Waals surface area contributed by atoms with Crippen molar-refractivity contribution >= 4 is 23.3 Å². The molecule has 2 heterocycles. The molecule has 0 spiro atoms. The summed E-state index contributed by atoms with van der Waals surface area (Å²) < 4.78 is 15.9. The fraction of sp³-hybridized carbons (Fsp3) is 0.190. The summed E-state index contributed by atoms with van der Waals surface area (Å²) in [5.41, 5.74) is 2.62. The summed E-state index contributed by atoms with van der Waals surface area (Å²) in [4.78, 5) is 20.7. The van der Waals surface area contributed by atoms with Crippen LogP contribution in [0.3, 0.4) is 0 Å². The molecule has 0 saturated heterocycles. The Balaban J connectivity index is 1.62. The van der Waals surface area contributed by atoms with E-state index in [1.807, 2.05) is 17.5 Å². The Morgan fingerprint density at radius 1 is 1.10 bits per heavy atom. The lowest BCUT2D eigenvalue weighted by molar-refractivity contribution is -0.116. The van der Waals surface area contributed by atoms with Gasteiger partial charge in [-0.25, -0.2) is 4.98 Å². The van der Waals surface area contributed by atoms with Crippen molar-refractivity contribution in [3.05, 3.63) is 58.7 Å². The molecule has 8 heteroatoms. The molecule has 0 unspecified atom stereocenters. The Bertz CT molecular complexity index is 977. The van der Waals surface area contributed by atoms with Crippen LogP contribution in [0.5, 0.6) is 17.2 Å². The van der Waals surface area contributed by atoms with E-state index in [1.54, 1.807) is 51.9 Å². The van der Waals surface area contributed by atoms with Crippen LogP contribution in [-0.2, 0) is 11.3 Å². The maximum absolute atomic E-state index is 12.2. The summed E-state index contributed by atoms with van der Waals surface area (Å²) in [7, 11) is 4.64. The van der Waals surface area contributed by atoms with Crippen LogP contribution in [0.2, 0.25) is 0 Å². The Labute approximate surface area is 173 Å². The van der Waals surface area contributed by atoms with E-state index in [0.717, 1.165) is 21.8 Å². The topological polar surface area (TPSA) is 82.6 Å². The minimum Gasteiger partial charge on any atom is -0.493 e. The zero-order chi connectivity index (χ0) is 20.6. The third-order valence-corrected chi connectivity index (χ3v) is 4.90. The average molecular weight is 411 g/mol. The molecule has 1 amide bonds. The monoisotopic (exact) mass is 411 g/mol. The van der Waals surface area contributed by atoms with Gasteiger partial charge < -0.3 is 19.5 Å². The van der Waals surface area contributed by atoms with Crippen LogP contribution in [-0.4, -0.2) is 37.2 Å². The smallest absolute Gasteiger partial charge is 0.244 e. The number of hydrogen-bond acceptors (Lipinski definition) is 7. The molecule has 2 aromatic heterocycles. The van der Waals surface area contributed by atoms with Gasteiger partial charge in [0.2, 0.25) is 11.7 Å². The van der Waals surface area contributed by atoms with E-state index in [0.29, 0.717) is 23.8 Å². The molecule has 0 aliphatic heterocycles. The zero-order valence-corrected chi connectivity index (χ0v) is 17.2. The zero-order valence-electron chi connectivity index (χ0n) is 16.3. The first kappa shape index (κ1) is 20.3. The molecule has 0 fully saturated rings. The van der Waals surface area contributed by atoms with E-state index in [9.17, 15) is 4.79 Å². The highest BCUT2D eigenvalue weighted by Crippen LogP contribution is 2.38. The summed E-state index contributed by atoms with van der Waals surface area (Å²) in [5, 5.41) is 5.62. The number of carbonyl (C=O) groups excluding carboxylic acids is 1. The van der Waals surface area contributed by atoms with Gasteiger partial charge >= 0.3 is 0 Å². The minimum atomic E-state index is -0.223. The largest absolute Gasteiger partial charge is 0.493 e. The van der Waals surface area contributed by atoms with Crippen molar-refractivity contribution in [1.82, 2.24) is 15.3 Å². The van der Waals surface area contributed by atoms with Gasteiger partial charge in [0.1, 0.15) is 5.01 Å². The van der Waals surface area contributed by atoms with Gasteiger partial charge in [-0.1, -0.05) is 0 Å². The van der Waals surface area contributed by atoms with Crippen LogP contribution < -0.4 is 19.5 Å². The van der Waals surface area contributed by atoms with E-state index < -0.39 is 0 Å². The standard InChI is InChI=1S/C21H21N3O4S/c1-26-17-10-14(11-18(27-2)21(17)28-3)4-5-19(25)23-12-20-24-16(13-29-20)15-6-8-22-9-7-15/h4-11,13H,12H2,1-3H3,(H,23,25)/b5-4+. The highest BCUT2D eigenvalue weighted by Gasteiger charge is 2.12. The summed E-state index contributed by atoms with van der Waals surface area (Å²) in [6.07, 6.45) is 6.59. The number of carbonyl (C=O) groups is 1. The molecule has 0 aliphatic rings. The van der Waals surface area contributed by atoms with Crippen molar-refractivity contribution in [3.63, 3.8) is 0 Å². The summed E-state index contributed by atoms with van der Waals surface area (Å²) in [5.74, 6) is 1.33. The first-order valence-electron chi connectivity index (χ1n) is 8.75. The molecule has 7 nitrogen and oxygen atoms in total. The van der Waals surface area contributed by atoms with E-state index in [1.165, 1.54) is 17.4 Å². The van der Waals surface area contributed by atoms with Crippen LogP contribution in [0.1, 0.15) is 10.6 Å². The second kappa shape index (κ2) is 9.70. The molecule has 1 N–H and O–H groups in total. The van der Waals surface area contributed by atoms with E-state index in [-0.39, 0.29) is 5.91 Å². The van der Waals surface area contributed by atoms with Crippen molar-refractivity contribution in [2.24, 2.45) is 0 Å². The number of aromatic nitrogens is 2. The molecule has 0 atom stereocenters. The second-order valence-corrected chi connectivity index (χ2v) is 6.81. The quantitative estimate of drug-likeness (QED) is 0.571. The molecular formula is C21H21N3O4S. The maximum atomic E-state index is 12.2. The van der Waals surface area contributed by atoms with Crippen LogP contribution in [0, 0.1) is 0 Å². The molecular weight excluding hydrogens is 390 g/mol. The van der Waals surface area contributed by atoms with Gasteiger partial charge in [-0.2, -0.15) is 0 Å². The van der Waals surface area contributed by atoms with Crippen molar-refractivity contribution in [1.29, 1.82) is 0 Å². The molecule has 0 aliphatic carbocycles. The SMILES string of the molecule is COc1cc(/C=C/C(=O)NCc2nc(-c3ccncc3)cs2)cc(OC)c1OC. The fourth-order valence-corrected chi connectivity index (χ4v) is 3.38. The third-order valence-electron chi connectivity index (χ3n) is 4.06. The van der Waals surface area contributed by atoms with Gasteiger partial charge in [-0.15, -0.1) is 11.3 Å². The number of nitrogens with zero attached hydrogens (tertiary/aromatic N) is 2. The van der Waals surface area contributed by atoms with Gasteiger partial charge in [0.15, 0.2) is 11.5 Å². The van der Waals surface area contributed by atoms with Gasteiger partial charge in [-0.05, 0) is 35.9 Å². The lowest BCUT2D eigenvalue weighted by atomic mass is 10.1. The van der Waals surface area contributed by atoms with E-state index in [2.05, 4.69) is 15.3 Å². The molecule has 0 radical (unpaired) electrons. The molecule has 150 valence electrons. The Kier molecular flexibility index (Phi) is 6.80. The highest BCUT2D eigenvalue weighted by atomic mass is 32.1. The lowest BCUT2D eigenvalue weighted by Gasteiger charge is -2.12. The van der Waals surface area contributed by atoms with Crippen LogP contribution >= 0.6 is 11.3 Å². The van der Waals surface area contributed by atoms with Crippen LogP contribution in [0.15, 0.2) is 48.1 Å². The van der Waals surface area contributed by atoms with Crippen molar-refractivity contribution in [2.45, 2.75) is 6.54 Å². The van der Waals surface area contributed by atoms with E-state index in [4.69, 9.17) is 14.2 Å². The second-order valence-electron chi connectivity index (χ2n) is 5.87. The summed E-state index contributed by atoms with van der Waals surface area (Å²) in [6.45, 7) is 0.355. The van der Waals surface area contributed by atoms with E-state index >= 15 is 0 Å². The number of rotatable bonds is 8. The van der Waals surface area contributed by atoms with Crippen molar-refractivity contribution in [3.8, 4) is 28.5 Å². The molecule has 1 aromatic carbocycles. The predicted molar refractivity (Wildman–Crippen MR) is 112 cm³/mol. The van der Waals surface area contributed by atoms with Gasteiger partial charge in [0.05, 0.1) is 33.6 Å². The van der Waals surface area contributed by atoms with Gasteiger partial charge in [-0.3, -0.25) is 9.78 Å². The molecule has 0 bridgehead atoms. The number of nitrogens with one attached hydrogen (secondary N) is 1. The summed E-state index contributed by atoms with van der Waals surface area (Å²) in [6, 6.07) is 7.34. The number of amides is 1. The van der Waals surface area contributed by atoms with Crippen molar-refractivity contribution in [2.75, 3.05) is 21.3 Å². The molecule has 0 saturated carbocycles. The number of pyridine rings is 1. The molecule has 3 aromatic rings. The van der Waals surface area contributed by atoms with Crippen LogP contribution in [0.4, 0.5) is 0 Å². The predicted octanol–water partition coefficient (Wildman–Crippen LogP) is 3.56. The number of hydrogen-bond donors (Lipinski definition) is 1. The Morgan fingerprint density at radius 3 is 2.41 bits per heavy atom. The Morgan fingerprint density at radius 2 is 1.79 bits per heavy atom. The normalized spacial score (nSPS) is 10.7. The minimum absolute atomic E-state index is 0.223. The third kappa shape index (κ3) is 5.11. The van der Waals surface area contributed by atoms with Gasteiger partial charge in [0.25, 0.3) is 0 Å². The number of ether oxygens (including phenoxy) is 3. The molecule has 3 rings (SSSR count). The van der Waals surface area contributed by atoms with Crippen molar-refractivity contribution < 1.29 is 19.0 Å². The lowest BCUT2D eigenvalue weighted by Crippen LogP contribution is -2.20. The number of benzene rings is 1. The van der Waals surface area contributed by atoms with Crippen LogP contribution in [0.25, 0.3) is 17.3 Å². The highest BCUT2D eigenvalue weighted by molar-refractivity contribution is 7.09.